The van der Waals surface area contributed by atoms with E-state index in [1.807, 2.05) is 168 Å². The van der Waals surface area contributed by atoms with Crippen LogP contribution in [0.4, 0.5) is 63.3 Å². The number of H-pyrrole nitrogens is 2. The van der Waals surface area contributed by atoms with Crippen molar-refractivity contribution in [3.05, 3.63) is 163 Å². The standard InChI is InChI=1S/C20H19N9.C17H18N6.C3H4N2.2ClH.HNO2.Na/c1-28-13-14-29(2)20(28)27-25-18-9-5-16(6-10-18)23-15-3-7-17(8-4-15)24-26-19-21-11-12-22-19;1-22-11-12-23(2)17(22)21-20-16-9-7-15(8-10-16)19-14-5-3-13(18)4-6-14;1-2-5-3-4-1;;;2-1-3;/h3-14H,1-2H3,(H,21,22,24,25);3-12H,1-2H3,(H2,18,20);1-3H,(H,4,5);2*1H;(H,2,3);/q;;;;;;+1/p-1. The number of nitrogen functional groups attached to an aromatic ring is 1. The quantitative estimate of drug-likeness (QED) is 0.0323. The molecule has 0 aliphatic rings. The topological polar surface area (TPSA) is 252 Å². The van der Waals surface area contributed by atoms with Crippen LogP contribution in [0.2, 0.25) is 0 Å². The van der Waals surface area contributed by atoms with E-state index < -0.39 is 0 Å². The number of hydrogen-bond acceptors (Lipinski definition) is 14. The Morgan fingerprint density at radius 3 is 1.32 bits per heavy atom. The van der Waals surface area contributed by atoms with Crippen molar-refractivity contribution in [3.63, 3.8) is 0 Å². The second-order valence-electron chi connectivity index (χ2n) is 12.5. The predicted molar refractivity (Wildman–Crippen MR) is 229 cm³/mol. The van der Waals surface area contributed by atoms with Crippen molar-refractivity contribution in [1.29, 1.82) is 0 Å². The third kappa shape index (κ3) is 17.4. The molecule has 0 aliphatic carbocycles. The number of aryl methyl sites for hydroxylation is 4. The summed E-state index contributed by atoms with van der Waals surface area (Å²) in [7, 11) is 7.75. The molecule has 0 fully saturated rings. The molecule has 8 rings (SSSR count). The van der Waals surface area contributed by atoms with Crippen molar-refractivity contribution in [1.82, 2.24) is 29.1 Å². The zero-order valence-corrected chi connectivity index (χ0v) is 38.4. The van der Waals surface area contributed by atoms with E-state index in [1.54, 1.807) is 31.1 Å². The van der Waals surface area contributed by atoms with Crippen LogP contribution in [0, 0.1) is 10.1 Å². The van der Waals surface area contributed by atoms with E-state index in [9.17, 15) is 0 Å². The number of nitrogens with zero attached hydrogens (tertiary/aromatic N) is 13. The SMILES string of the molecule is Cn1cc[n+](C)c1N=Nc1ccc(Nc2ccc(N)cc2)cc1.Cn1cc[n+](C)c1N=Nc1ccc(Nc2ccc(N=Nc3ncc[nH]3)cc2)cc1.O=N[O-].[Cl-].[Cl-].[Na+].c1c[nH]cn1. The minimum absolute atomic E-state index is 0. The molecule has 4 aromatic heterocycles. The summed E-state index contributed by atoms with van der Waals surface area (Å²) in [6.07, 6.45) is 16.2. The van der Waals surface area contributed by atoms with Crippen LogP contribution in [0.1, 0.15) is 0 Å². The van der Waals surface area contributed by atoms with Gasteiger partial charge in [-0.25, -0.2) is 28.2 Å². The first-order chi connectivity index (χ1) is 29.2. The molecular formula is C40H43Cl2N18NaO2. The number of rotatable bonds is 10. The van der Waals surface area contributed by atoms with Gasteiger partial charge in [-0.1, -0.05) is 10.2 Å². The number of nitrogens with one attached hydrogen (secondary N) is 4. The molecule has 4 heterocycles. The molecule has 63 heavy (non-hydrogen) atoms. The maximum Gasteiger partial charge on any atom is 1.00 e. The summed E-state index contributed by atoms with van der Waals surface area (Å²) < 4.78 is 7.66. The van der Waals surface area contributed by atoms with Crippen LogP contribution in [-0.2, 0) is 28.2 Å². The number of benzene rings is 4. The van der Waals surface area contributed by atoms with Gasteiger partial charge >= 0.3 is 41.5 Å². The Labute approximate surface area is 397 Å². The summed E-state index contributed by atoms with van der Waals surface area (Å²) in [5, 5.41) is 41.0. The van der Waals surface area contributed by atoms with Gasteiger partial charge in [0.2, 0.25) is 5.95 Å². The van der Waals surface area contributed by atoms with Gasteiger partial charge in [0.1, 0.15) is 11.4 Å². The predicted octanol–water partition coefficient (Wildman–Crippen LogP) is 0.410. The fraction of sp³-hybridized carbons (Fsp3) is 0.100. The first-order valence-corrected chi connectivity index (χ1v) is 18.0. The largest absolute Gasteiger partial charge is 1.00 e. The molecule has 320 valence electrons. The monoisotopic (exact) mass is 900 g/mol. The fourth-order valence-electron chi connectivity index (χ4n) is 5.02. The normalized spacial score (nSPS) is 10.2. The van der Waals surface area contributed by atoms with Crippen molar-refractivity contribution >= 4 is 63.3 Å². The third-order valence-electron chi connectivity index (χ3n) is 8.04. The second-order valence-corrected chi connectivity index (χ2v) is 12.5. The Hall–Kier alpha value is -7.10. The molecule has 0 atom stereocenters. The molecule has 20 nitrogen and oxygen atoms in total. The Morgan fingerprint density at radius 1 is 0.619 bits per heavy atom. The molecule has 0 amide bonds. The van der Waals surface area contributed by atoms with Crippen LogP contribution in [0.3, 0.4) is 0 Å². The zero-order valence-electron chi connectivity index (χ0n) is 34.9. The van der Waals surface area contributed by atoms with Gasteiger partial charge < -0.3 is 61.3 Å². The van der Waals surface area contributed by atoms with E-state index in [4.69, 9.17) is 15.8 Å². The Balaban J connectivity index is 0.000000360. The van der Waals surface area contributed by atoms with Crippen molar-refractivity contribution in [3.8, 4) is 0 Å². The van der Waals surface area contributed by atoms with Gasteiger partial charge in [-0.3, -0.25) is 0 Å². The smallest absolute Gasteiger partial charge is 1.00 e. The number of azo groups is 3. The Morgan fingerprint density at radius 2 is 1.02 bits per heavy atom. The molecule has 0 radical (unpaired) electrons. The van der Waals surface area contributed by atoms with E-state index in [2.05, 4.69) is 61.3 Å². The molecule has 23 heteroatoms. The summed E-state index contributed by atoms with van der Waals surface area (Å²) in [4.78, 5) is 21.3. The minimum Gasteiger partial charge on any atom is -1.00 e. The Kier molecular flexibility index (Phi) is 22.9. The van der Waals surface area contributed by atoms with E-state index in [0.717, 1.165) is 62.7 Å². The molecular weight excluding hydrogens is 858 g/mol. The van der Waals surface area contributed by atoms with Crippen LogP contribution in [0.25, 0.3) is 0 Å². The van der Waals surface area contributed by atoms with E-state index in [0.29, 0.717) is 5.95 Å². The van der Waals surface area contributed by atoms with Crippen molar-refractivity contribution in [2.75, 3.05) is 16.4 Å². The van der Waals surface area contributed by atoms with Crippen LogP contribution >= 0.6 is 0 Å². The number of aromatic nitrogens is 8. The van der Waals surface area contributed by atoms with Crippen molar-refractivity contribution < 1.29 is 63.5 Å². The molecule has 0 bridgehead atoms. The number of aromatic amines is 2. The summed E-state index contributed by atoms with van der Waals surface area (Å²) >= 11 is 0. The van der Waals surface area contributed by atoms with Crippen LogP contribution < -0.4 is 79.9 Å². The summed E-state index contributed by atoms with van der Waals surface area (Å²) in [5.41, 5.74) is 12.6. The van der Waals surface area contributed by atoms with Crippen molar-refractivity contribution in [2.45, 2.75) is 0 Å². The second kappa shape index (κ2) is 27.7. The van der Waals surface area contributed by atoms with Gasteiger partial charge in [0, 0.05) is 63.5 Å². The van der Waals surface area contributed by atoms with Gasteiger partial charge in [-0.15, -0.1) is 15.6 Å². The van der Waals surface area contributed by atoms with E-state index >= 15 is 0 Å². The molecule has 0 saturated carbocycles. The number of hydrogen-bond donors (Lipinski definition) is 5. The van der Waals surface area contributed by atoms with Gasteiger partial charge in [-0.2, -0.15) is 0 Å². The zero-order chi connectivity index (χ0) is 42.5. The number of anilines is 5. The van der Waals surface area contributed by atoms with Gasteiger partial charge in [0.15, 0.2) is 0 Å². The third-order valence-corrected chi connectivity index (χ3v) is 8.04. The maximum absolute atomic E-state index is 8.00. The molecule has 6 N–H and O–H groups in total. The van der Waals surface area contributed by atoms with Crippen LogP contribution in [-0.4, -0.2) is 29.1 Å². The van der Waals surface area contributed by atoms with Crippen molar-refractivity contribution in [2.24, 2.45) is 64.2 Å². The molecule has 0 aliphatic heterocycles. The van der Waals surface area contributed by atoms with Crippen LogP contribution in [0.15, 0.2) is 189 Å². The molecule has 0 unspecified atom stereocenters. The van der Waals surface area contributed by atoms with E-state index in [1.165, 1.54) is 0 Å². The van der Waals surface area contributed by atoms with Gasteiger partial charge in [0.05, 0.1) is 65.0 Å². The number of halogens is 2. The average Bonchev–Trinajstić information content (AvgIpc) is 4.11. The fourth-order valence-corrected chi connectivity index (χ4v) is 5.02. The molecule has 8 aromatic rings. The van der Waals surface area contributed by atoms with Gasteiger partial charge in [0.25, 0.3) is 0 Å². The number of nitrogens with two attached hydrogens (primary N) is 1. The van der Waals surface area contributed by atoms with Crippen LogP contribution in [0.5, 0.6) is 0 Å². The Bertz CT molecular complexity index is 2510. The van der Waals surface area contributed by atoms with E-state index in [-0.39, 0.29) is 54.4 Å². The summed E-state index contributed by atoms with van der Waals surface area (Å²) in [6, 6.07) is 30.8. The molecule has 0 saturated heterocycles. The van der Waals surface area contributed by atoms with Gasteiger partial charge in [-0.05, 0) is 97.1 Å². The summed E-state index contributed by atoms with van der Waals surface area (Å²) in [5.74, 6) is 2.04. The average molecular weight is 902 g/mol. The minimum atomic E-state index is 0. The summed E-state index contributed by atoms with van der Waals surface area (Å²) in [6.45, 7) is 0. The number of imidazole rings is 4. The molecule has 0 spiro atoms. The maximum atomic E-state index is 8.00. The first-order valence-electron chi connectivity index (χ1n) is 18.0. The molecule has 4 aromatic carbocycles. The first kappa shape index (κ1) is 52.0.